The summed E-state index contributed by atoms with van der Waals surface area (Å²) in [6, 6.07) is 11.3. The fourth-order valence-corrected chi connectivity index (χ4v) is 2.83. The fourth-order valence-electron chi connectivity index (χ4n) is 2.83. The van der Waals surface area contributed by atoms with Crippen molar-refractivity contribution >= 4 is 18.1 Å². The Morgan fingerprint density at radius 2 is 1.64 bits per heavy atom. The van der Waals surface area contributed by atoms with E-state index in [-0.39, 0.29) is 5.91 Å². The van der Waals surface area contributed by atoms with Gasteiger partial charge < -0.3 is 19.5 Å². The summed E-state index contributed by atoms with van der Waals surface area (Å²) in [5.74, 6) is 1.77. The third kappa shape index (κ3) is 5.78. The van der Waals surface area contributed by atoms with Gasteiger partial charge in [-0.1, -0.05) is 44.1 Å². The van der Waals surface area contributed by atoms with E-state index in [9.17, 15) is 4.79 Å². The summed E-state index contributed by atoms with van der Waals surface area (Å²) >= 11 is 0. The molecular formula is C23H29NO4. The Bertz CT molecular complexity index is 797. The molecular weight excluding hydrogens is 354 g/mol. The summed E-state index contributed by atoms with van der Waals surface area (Å²) in [7, 11) is 4.79. The number of rotatable bonds is 10. The fraction of sp³-hybridized carbons (Fsp3) is 0.348. The van der Waals surface area contributed by atoms with E-state index in [2.05, 4.69) is 12.2 Å². The molecule has 2 aromatic rings. The molecule has 0 saturated heterocycles. The van der Waals surface area contributed by atoms with Crippen LogP contribution in [0.1, 0.15) is 47.7 Å². The van der Waals surface area contributed by atoms with E-state index in [0.717, 1.165) is 36.1 Å². The zero-order valence-electron chi connectivity index (χ0n) is 17.1. The largest absolute Gasteiger partial charge is 0.497 e. The van der Waals surface area contributed by atoms with Crippen LogP contribution in [-0.2, 0) is 0 Å². The standard InChI is InChI=1S/C23H29NO4/c1-5-6-7-14-24-23(25)22-18(15-20(27-3)16-21(22)28-4)11-8-17-9-12-19(26-2)13-10-17/h8-13,15-16H,5-7,14H2,1-4H3,(H,24,25)/b11-8+. The van der Waals surface area contributed by atoms with Gasteiger partial charge in [0.05, 0.1) is 26.9 Å². The molecule has 0 radical (unpaired) electrons. The van der Waals surface area contributed by atoms with Crippen molar-refractivity contribution in [1.29, 1.82) is 0 Å². The third-order valence-electron chi connectivity index (χ3n) is 4.43. The Labute approximate surface area is 167 Å². The number of carbonyl (C=O) groups is 1. The van der Waals surface area contributed by atoms with Gasteiger partial charge in [0.15, 0.2) is 0 Å². The van der Waals surface area contributed by atoms with Gasteiger partial charge in [-0.15, -0.1) is 0 Å². The predicted molar refractivity (Wildman–Crippen MR) is 113 cm³/mol. The smallest absolute Gasteiger partial charge is 0.255 e. The van der Waals surface area contributed by atoms with Crippen molar-refractivity contribution in [2.75, 3.05) is 27.9 Å². The molecule has 0 atom stereocenters. The van der Waals surface area contributed by atoms with Gasteiger partial charge in [-0.25, -0.2) is 0 Å². The Morgan fingerprint density at radius 3 is 2.25 bits per heavy atom. The van der Waals surface area contributed by atoms with Crippen molar-refractivity contribution in [2.24, 2.45) is 0 Å². The van der Waals surface area contributed by atoms with E-state index in [0.29, 0.717) is 23.6 Å². The van der Waals surface area contributed by atoms with Crippen LogP contribution in [0, 0.1) is 0 Å². The maximum Gasteiger partial charge on any atom is 0.255 e. The van der Waals surface area contributed by atoms with Crippen LogP contribution in [0.5, 0.6) is 17.2 Å². The van der Waals surface area contributed by atoms with Crippen LogP contribution in [0.3, 0.4) is 0 Å². The van der Waals surface area contributed by atoms with Gasteiger partial charge in [-0.2, -0.15) is 0 Å². The second kappa shape index (κ2) is 11.0. The van der Waals surface area contributed by atoms with Crippen molar-refractivity contribution in [2.45, 2.75) is 26.2 Å². The van der Waals surface area contributed by atoms with Gasteiger partial charge in [0.25, 0.3) is 5.91 Å². The maximum absolute atomic E-state index is 12.8. The number of carbonyl (C=O) groups excluding carboxylic acids is 1. The van der Waals surface area contributed by atoms with Crippen molar-refractivity contribution in [3.8, 4) is 17.2 Å². The highest BCUT2D eigenvalue weighted by Gasteiger charge is 2.18. The van der Waals surface area contributed by atoms with Gasteiger partial charge in [-0.3, -0.25) is 4.79 Å². The van der Waals surface area contributed by atoms with Crippen LogP contribution in [0.25, 0.3) is 12.2 Å². The molecule has 5 nitrogen and oxygen atoms in total. The first-order chi connectivity index (χ1) is 13.6. The van der Waals surface area contributed by atoms with E-state index in [1.54, 1.807) is 27.4 Å². The summed E-state index contributed by atoms with van der Waals surface area (Å²) < 4.78 is 16.0. The van der Waals surface area contributed by atoms with Crippen LogP contribution in [0.2, 0.25) is 0 Å². The minimum atomic E-state index is -0.148. The zero-order chi connectivity index (χ0) is 20.4. The number of unbranched alkanes of at least 4 members (excludes halogenated alkanes) is 2. The topological polar surface area (TPSA) is 56.8 Å². The molecule has 0 heterocycles. The van der Waals surface area contributed by atoms with Crippen molar-refractivity contribution in [3.63, 3.8) is 0 Å². The lowest BCUT2D eigenvalue weighted by atomic mass is 10.0. The molecule has 0 bridgehead atoms. The molecule has 0 unspecified atom stereocenters. The van der Waals surface area contributed by atoms with E-state index < -0.39 is 0 Å². The van der Waals surface area contributed by atoms with Gasteiger partial charge in [-0.05, 0) is 35.7 Å². The molecule has 0 spiro atoms. The Hall–Kier alpha value is -2.95. The van der Waals surface area contributed by atoms with E-state index >= 15 is 0 Å². The van der Waals surface area contributed by atoms with Crippen molar-refractivity contribution in [3.05, 3.63) is 53.1 Å². The number of nitrogens with one attached hydrogen (secondary N) is 1. The van der Waals surface area contributed by atoms with Crippen LogP contribution >= 0.6 is 0 Å². The highest BCUT2D eigenvalue weighted by Crippen LogP contribution is 2.30. The second-order valence-corrected chi connectivity index (χ2v) is 6.36. The summed E-state index contributed by atoms with van der Waals surface area (Å²) in [6.45, 7) is 2.78. The lowest BCUT2D eigenvalue weighted by Crippen LogP contribution is -2.25. The lowest BCUT2D eigenvalue weighted by Gasteiger charge is -2.14. The quantitative estimate of drug-likeness (QED) is 0.473. The summed E-state index contributed by atoms with van der Waals surface area (Å²) in [5.41, 5.74) is 2.24. The molecule has 0 aliphatic heterocycles. The maximum atomic E-state index is 12.8. The Kier molecular flexibility index (Phi) is 8.40. The van der Waals surface area contributed by atoms with E-state index in [1.165, 1.54) is 0 Å². The molecule has 0 aromatic heterocycles. The molecule has 5 heteroatoms. The van der Waals surface area contributed by atoms with Gasteiger partial charge in [0.1, 0.15) is 17.2 Å². The Morgan fingerprint density at radius 1 is 0.929 bits per heavy atom. The molecule has 0 aliphatic rings. The summed E-state index contributed by atoms with van der Waals surface area (Å²) in [4.78, 5) is 12.8. The minimum Gasteiger partial charge on any atom is -0.497 e. The van der Waals surface area contributed by atoms with Crippen molar-refractivity contribution in [1.82, 2.24) is 5.32 Å². The highest BCUT2D eigenvalue weighted by molar-refractivity contribution is 6.01. The number of methoxy groups -OCH3 is 3. The molecule has 28 heavy (non-hydrogen) atoms. The summed E-state index contributed by atoms with van der Waals surface area (Å²) in [5, 5.41) is 2.99. The number of amides is 1. The molecule has 150 valence electrons. The normalized spacial score (nSPS) is 10.7. The first-order valence-corrected chi connectivity index (χ1v) is 9.49. The van der Waals surface area contributed by atoms with Crippen LogP contribution in [0.15, 0.2) is 36.4 Å². The first kappa shape index (κ1) is 21.4. The summed E-state index contributed by atoms with van der Waals surface area (Å²) in [6.07, 6.45) is 6.99. The van der Waals surface area contributed by atoms with E-state index in [4.69, 9.17) is 14.2 Å². The molecule has 2 rings (SSSR count). The number of hydrogen-bond acceptors (Lipinski definition) is 4. The first-order valence-electron chi connectivity index (χ1n) is 9.49. The predicted octanol–water partition coefficient (Wildman–Crippen LogP) is 4.80. The second-order valence-electron chi connectivity index (χ2n) is 6.36. The third-order valence-corrected chi connectivity index (χ3v) is 4.43. The molecule has 1 N–H and O–H groups in total. The molecule has 1 amide bonds. The van der Waals surface area contributed by atoms with Gasteiger partial charge in [0.2, 0.25) is 0 Å². The number of benzene rings is 2. The molecule has 0 aliphatic carbocycles. The average molecular weight is 383 g/mol. The molecule has 0 saturated carbocycles. The van der Waals surface area contributed by atoms with Crippen molar-refractivity contribution < 1.29 is 19.0 Å². The number of hydrogen-bond donors (Lipinski definition) is 1. The molecule has 2 aromatic carbocycles. The van der Waals surface area contributed by atoms with Gasteiger partial charge >= 0.3 is 0 Å². The Balaban J connectivity index is 2.33. The van der Waals surface area contributed by atoms with Crippen LogP contribution in [-0.4, -0.2) is 33.8 Å². The lowest BCUT2D eigenvalue weighted by molar-refractivity contribution is 0.0949. The van der Waals surface area contributed by atoms with Gasteiger partial charge in [0, 0.05) is 12.6 Å². The van der Waals surface area contributed by atoms with Crippen LogP contribution in [0.4, 0.5) is 0 Å². The monoisotopic (exact) mass is 383 g/mol. The molecule has 0 fully saturated rings. The average Bonchev–Trinajstić information content (AvgIpc) is 2.74. The van der Waals surface area contributed by atoms with E-state index in [1.807, 2.05) is 42.5 Å². The number of ether oxygens (including phenoxy) is 3. The highest BCUT2D eigenvalue weighted by atomic mass is 16.5. The van der Waals surface area contributed by atoms with Crippen LogP contribution < -0.4 is 19.5 Å². The minimum absolute atomic E-state index is 0.148. The SMILES string of the molecule is CCCCCNC(=O)c1c(/C=C/c2ccc(OC)cc2)cc(OC)cc1OC. The zero-order valence-corrected chi connectivity index (χ0v) is 17.1.